The molecule has 1 aliphatic heterocycles. The first-order chi connectivity index (χ1) is 9.41. The van der Waals surface area contributed by atoms with E-state index in [0.717, 1.165) is 0 Å². The number of halogens is 2. The fourth-order valence-electron chi connectivity index (χ4n) is 2.02. The molecule has 0 aliphatic carbocycles. The third-order valence-corrected chi connectivity index (χ3v) is 3.26. The molecule has 0 atom stereocenters. The van der Waals surface area contributed by atoms with Gasteiger partial charge in [0.1, 0.15) is 5.69 Å². The summed E-state index contributed by atoms with van der Waals surface area (Å²) in [4.78, 5) is 9.60. The van der Waals surface area contributed by atoms with E-state index >= 15 is 0 Å². The van der Waals surface area contributed by atoms with Crippen LogP contribution >= 0.6 is 0 Å². The van der Waals surface area contributed by atoms with Gasteiger partial charge in [-0.05, 0) is 0 Å². The lowest BCUT2D eigenvalue weighted by Crippen LogP contribution is -2.42. The van der Waals surface area contributed by atoms with Crippen LogP contribution in [-0.4, -0.2) is 35.4 Å². The molecule has 0 unspecified atom stereocenters. The third-order valence-electron chi connectivity index (χ3n) is 3.26. The van der Waals surface area contributed by atoms with Crippen molar-refractivity contribution < 1.29 is 23.5 Å². The van der Waals surface area contributed by atoms with E-state index in [0.29, 0.717) is 38.2 Å². The summed E-state index contributed by atoms with van der Waals surface area (Å²) < 4.78 is 32.4. The van der Waals surface area contributed by atoms with Crippen LogP contribution in [-0.2, 0) is 4.74 Å². The van der Waals surface area contributed by atoms with Gasteiger partial charge >= 0.3 is 0 Å². The summed E-state index contributed by atoms with van der Waals surface area (Å²) in [6, 6.07) is 1.28. The van der Waals surface area contributed by atoms with Crippen LogP contribution in [0.3, 0.4) is 0 Å². The molecule has 2 N–H and O–H groups in total. The number of nitrogens with zero attached hydrogens (tertiary/aromatic N) is 1. The highest BCUT2D eigenvalue weighted by molar-refractivity contribution is 5.51. The van der Waals surface area contributed by atoms with Crippen molar-refractivity contribution in [2.45, 2.75) is 18.4 Å². The molecule has 0 aromatic heterocycles. The first-order valence-electron chi connectivity index (χ1n) is 6.09. The minimum Gasteiger partial charge on any atom is -0.388 e. The van der Waals surface area contributed by atoms with Crippen molar-refractivity contribution in [3.05, 3.63) is 33.9 Å². The number of anilines is 1. The molecule has 6 nitrogen and oxygen atoms in total. The highest BCUT2D eigenvalue weighted by Crippen LogP contribution is 2.27. The van der Waals surface area contributed by atoms with Gasteiger partial charge in [-0.2, -0.15) is 0 Å². The standard InChI is InChI=1S/C12H14F2N2O4/c13-9-5-8(16(18)19)6-10(14)11(9)15-7-12(17)1-3-20-4-2-12/h5-6,15,17H,1-4,7H2. The number of non-ortho nitro benzene ring substituents is 1. The van der Waals surface area contributed by atoms with Crippen LogP contribution in [0.15, 0.2) is 12.1 Å². The van der Waals surface area contributed by atoms with Crippen molar-refractivity contribution >= 4 is 11.4 Å². The van der Waals surface area contributed by atoms with E-state index in [2.05, 4.69) is 5.32 Å². The Morgan fingerprint density at radius 3 is 2.40 bits per heavy atom. The second-order valence-corrected chi connectivity index (χ2v) is 4.73. The third kappa shape index (κ3) is 3.20. The van der Waals surface area contributed by atoms with Crippen molar-refractivity contribution in [2.24, 2.45) is 0 Å². The molecule has 8 heteroatoms. The van der Waals surface area contributed by atoms with Crippen molar-refractivity contribution in [1.82, 2.24) is 0 Å². The van der Waals surface area contributed by atoms with E-state index in [4.69, 9.17) is 4.74 Å². The lowest BCUT2D eigenvalue weighted by molar-refractivity contribution is -0.385. The van der Waals surface area contributed by atoms with E-state index in [1.165, 1.54) is 0 Å². The van der Waals surface area contributed by atoms with Gasteiger partial charge in [-0.15, -0.1) is 0 Å². The molecule has 0 bridgehead atoms. The summed E-state index contributed by atoms with van der Waals surface area (Å²) in [6.45, 7) is 0.703. The Morgan fingerprint density at radius 1 is 1.35 bits per heavy atom. The van der Waals surface area contributed by atoms with Crippen LogP contribution in [0.1, 0.15) is 12.8 Å². The SMILES string of the molecule is O=[N+]([O-])c1cc(F)c(NCC2(O)CCOCC2)c(F)c1. The Labute approximate surface area is 113 Å². The number of benzene rings is 1. The average Bonchev–Trinajstić information content (AvgIpc) is 2.38. The van der Waals surface area contributed by atoms with Crippen molar-refractivity contribution in [1.29, 1.82) is 0 Å². The molecule has 0 radical (unpaired) electrons. The summed E-state index contributed by atoms with van der Waals surface area (Å²) in [5, 5.41) is 23.1. The van der Waals surface area contributed by atoms with E-state index in [1.807, 2.05) is 0 Å². The maximum absolute atomic E-state index is 13.6. The smallest absolute Gasteiger partial charge is 0.275 e. The summed E-state index contributed by atoms with van der Waals surface area (Å²) in [5.74, 6) is -2.13. The zero-order valence-electron chi connectivity index (χ0n) is 10.6. The summed E-state index contributed by atoms with van der Waals surface area (Å²) >= 11 is 0. The second-order valence-electron chi connectivity index (χ2n) is 4.73. The molecule has 1 aromatic carbocycles. The number of hydrogen-bond acceptors (Lipinski definition) is 5. The van der Waals surface area contributed by atoms with Crippen LogP contribution in [0, 0.1) is 21.7 Å². The van der Waals surface area contributed by atoms with E-state index in [9.17, 15) is 24.0 Å². The van der Waals surface area contributed by atoms with Gasteiger partial charge in [-0.1, -0.05) is 0 Å². The quantitative estimate of drug-likeness (QED) is 0.652. The summed E-state index contributed by atoms with van der Waals surface area (Å²) in [6.07, 6.45) is 0.715. The van der Waals surface area contributed by atoms with Gasteiger partial charge in [0.2, 0.25) is 0 Å². The Kier molecular flexibility index (Phi) is 4.15. The molecule has 110 valence electrons. The maximum Gasteiger partial charge on any atom is 0.275 e. The van der Waals surface area contributed by atoms with Crippen LogP contribution in [0.4, 0.5) is 20.2 Å². The number of ether oxygens (including phenoxy) is 1. The van der Waals surface area contributed by atoms with Gasteiger partial charge < -0.3 is 15.2 Å². The van der Waals surface area contributed by atoms with Crippen LogP contribution < -0.4 is 5.32 Å². The normalized spacial score (nSPS) is 17.8. The number of nitrogens with one attached hydrogen (secondary N) is 1. The van der Waals surface area contributed by atoms with Gasteiger partial charge in [-0.25, -0.2) is 8.78 Å². The zero-order chi connectivity index (χ0) is 14.8. The lowest BCUT2D eigenvalue weighted by Gasteiger charge is -2.32. The number of nitro benzene ring substituents is 1. The van der Waals surface area contributed by atoms with Crippen LogP contribution in [0.25, 0.3) is 0 Å². The Balaban J connectivity index is 2.11. The van der Waals surface area contributed by atoms with Gasteiger partial charge in [0.05, 0.1) is 22.7 Å². The average molecular weight is 288 g/mol. The summed E-state index contributed by atoms with van der Waals surface area (Å²) in [5.41, 5.74) is -2.23. The highest BCUT2D eigenvalue weighted by atomic mass is 19.1. The molecular formula is C12H14F2N2O4. The maximum atomic E-state index is 13.6. The van der Waals surface area contributed by atoms with Crippen molar-refractivity contribution in [2.75, 3.05) is 25.1 Å². The molecule has 0 amide bonds. The predicted octanol–water partition coefficient (Wildman–Crippen LogP) is 1.83. The number of aliphatic hydroxyl groups is 1. The molecule has 20 heavy (non-hydrogen) atoms. The first kappa shape index (κ1) is 14.6. The topological polar surface area (TPSA) is 84.6 Å². The van der Waals surface area contributed by atoms with E-state index in [-0.39, 0.29) is 6.54 Å². The highest BCUT2D eigenvalue weighted by Gasteiger charge is 2.30. The molecule has 0 saturated carbocycles. The molecule has 1 fully saturated rings. The predicted molar refractivity (Wildman–Crippen MR) is 66.5 cm³/mol. The lowest BCUT2D eigenvalue weighted by atomic mass is 9.94. The Morgan fingerprint density at radius 2 is 1.90 bits per heavy atom. The molecular weight excluding hydrogens is 274 g/mol. The molecule has 0 spiro atoms. The van der Waals surface area contributed by atoms with E-state index < -0.39 is 33.5 Å². The van der Waals surface area contributed by atoms with E-state index in [1.54, 1.807) is 0 Å². The number of hydrogen-bond donors (Lipinski definition) is 2. The molecule has 1 aromatic rings. The minimum absolute atomic E-state index is 0.0536. The molecule has 1 aliphatic rings. The van der Waals surface area contributed by atoms with Gasteiger partial charge in [0.15, 0.2) is 11.6 Å². The fourth-order valence-corrected chi connectivity index (χ4v) is 2.02. The van der Waals surface area contributed by atoms with Gasteiger partial charge in [0.25, 0.3) is 5.69 Å². The van der Waals surface area contributed by atoms with Crippen LogP contribution in [0.2, 0.25) is 0 Å². The Hall–Kier alpha value is -1.80. The summed E-state index contributed by atoms with van der Waals surface area (Å²) in [7, 11) is 0. The van der Waals surface area contributed by atoms with Gasteiger partial charge in [-0.3, -0.25) is 10.1 Å². The van der Waals surface area contributed by atoms with Crippen molar-refractivity contribution in [3.63, 3.8) is 0 Å². The Bertz CT molecular complexity index is 495. The van der Waals surface area contributed by atoms with Crippen molar-refractivity contribution in [3.8, 4) is 0 Å². The van der Waals surface area contributed by atoms with Crippen LogP contribution in [0.5, 0.6) is 0 Å². The number of rotatable bonds is 4. The second kappa shape index (κ2) is 5.68. The minimum atomic E-state index is -1.10. The number of nitro groups is 1. The largest absolute Gasteiger partial charge is 0.388 e. The molecule has 2 rings (SSSR count). The molecule has 1 heterocycles. The zero-order valence-corrected chi connectivity index (χ0v) is 10.6. The van der Waals surface area contributed by atoms with Gasteiger partial charge in [0, 0.05) is 32.6 Å². The molecule has 1 saturated heterocycles. The monoisotopic (exact) mass is 288 g/mol. The first-order valence-corrected chi connectivity index (χ1v) is 6.09. The fraction of sp³-hybridized carbons (Fsp3) is 0.500.